The van der Waals surface area contributed by atoms with Crippen molar-refractivity contribution in [3.8, 4) is 0 Å². The standard InChI is InChI=1S/C7H8BNO/c9-7(10)8-6-4-2-1-3-5-6/h1-5,8H,(H2,9,10). The summed E-state index contributed by atoms with van der Waals surface area (Å²) in [5.41, 5.74) is 5.95. The van der Waals surface area contributed by atoms with Crippen molar-refractivity contribution in [1.82, 2.24) is 0 Å². The zero-order chi connectivity index (χ0) is 7.40. The van der Waals surface area contributed by atoms with Crippen LogP contribution < -0.4 is 11.2 Å². The molecule has 0 spiro atoms. The van der Waals surface area contributed by atoms with Crippen molar-refractivity contribution in [2.45, 2.75) is 0 Å². The Labute approximate surface area is 60.3 Å². The Morgan fingerprint density at radius 1 is 1.30 bits per heavy atom. The third-order valence-electron chi connectivity index (χ3n) is 1.22. The molecule has 0 heterocycles. The van der Waals surface area contributed by atoms with Crippen LogP contribution in [0.2, 0.25) is 0 Å². The Bertz CT molecular complexity index is 222. The molecule has 0 saturated carbocycles. The lowest BCUT2D eigenvalue weighted by Gasteiger charge is -1.91. The summed E-state index contributed by atoms with van der Waals surface area (Å²) >= 11 is 0. The van der Waals surface area contributed by atoms with Crippen LogP contribution in [0, 0.1) is 0 Å². The second-order valence-electron chi connectivity index (χ2n) is 2.13. The van der Waals surface area contributed by atoms with Crippen LogP contribution >= 0.6 is 0 Å². The van der Waals surface area contributed by atoms with Crippen molar-refractivity contribution >= 4 is 18.5 Å². The largest absolute Gasteiger partial charge is 0.378 e. The van der Waals surface area contributed by atoms with Crippen LogP contribution in [0.15, 0.2) is 30.3 Å². The number of hydrogen-bond acceptors (Lipinski definition) is 1. The van der Waals surface area contributed by atoms with E-state index >= 15 is 0 Å². The predicted molar refractivity (Wildman–Crippen MR) is 42.8 cm³/mol. The van der Waals surface area contributed by atoms with Crippen LogP contribution in [-0.2, 0) is 0 Å². The number of carbonyl (C=O) groups is 1. The molecule has 0 saturated heterocycles. The number of primary amides is 1. The smallest absolute Gasteiger partial charge is 0.266 e. The van der Waals surface area contributed by atoms with E-state index in [0.717, 1.165) is 5.46 Å². The molecule has 1 rings (SSSR count). The molecule has 1 aromatic carbocycles. The molecule has 0 atom stereocenters. The number of rotatable bonds is 2. The number of hydrogen-bond donors (Lipinski definition) is 1. The van der Waals surface area contributed by atoms with Crippen LogP contribution in [0.5, 0.6) is 0 Å². The zero-order valence-electron chi connectivity index (χ0n) is 5.58. The summed E-state index contributed by atoms with van der Waals surface area (Å²) in [4.78, 5) is 10.4. The van der Waals surface area contributed by atoms with Gasteiger partial charge in [-0.05, 0) is 0 Å². The third-order valence-corrected chi connectivity index (χ3v) is 1.22. The van der Waals surface area contributed by atoms with E-state index in [-0.39, 0.29) is 5.81 Å². The molecule has 0 radical (unpaired) electrons. The maximum Gasteiger partial charge on any atom is 0.266 e. The average Bonchev–Trinajstić information content (AvgIpc) is 1.88. The molecule has 3 heteroatoms. The van der Waals surface area contributed by atoms with Crippen molar-refractivity contribution in [3.63, 3.8) is 0 Å². The molecule has 50 valence electrons. The van der Waals surface area contributed by atoms with Crippen molar-refractivity contribution in [2.24, 2.45) is 5.73 Å². The molecule has 0 bridgehead atoms. The first-order valence-corrected chi connectivity index (χ1v) is 3.11. The van der Waals surface area contributed by atoms with Crippen LogP contribution in [0.1, 0.15) is 0 Å². The minimum Gasteiger partial charge on any atom is -0.378 e. The highest BCUT2D eigenvalue weighted by Crippen LogP contribution is 1.80. The molecule has 2 nitrogen and oxygen atoms in total. The monoisotopic (exact) mass is 133 g/mol. The van der Waals surface area contributed by atoms with Gasteiger partial charge >= 0.3 is 0 Å². The lowest BCUT2D eigenvalue weighted by Crippen LogP contribution is -2.28. The molecular formula is C7H8BNO. The Morgan fingerprint density at radius 2 is 1.90 bits per heavy atom. The minimum absolute atomic E-state index is 0.286. The van der Waals surface area contributed by atoms with Gasteiger partial charge in [0.15, 0.2) is 5.81 Å². The van der Waals surface area contributed by atoms with E-state index in [2.05, 4.69) is 0 Å². The van der Waals surface area contributed by atoms with Gasteiger partial charge in [-0.3, -0.25) is 4.79 Å². The topological polar surface area (TPSA) is 43.1 Å². The summed E-state index contributed by atoms with van der Waals surface area (Å²) < 4.78 is 0. The number of amides is 1. The number of benzene rings is 1. The quantitative estimate of drug-likeness (QED) is 0.559. The summed E-state index contributed by atoms with van der Waals surface area (Å²) in [6.07, 6.45) is 0. The van der Waals surface area contributed by atoms with E-state index in [1.165, 1.54) is 0 Å². The molecule has 0 aliphatic heterocycles. The minimum atomic E-state index is -0.286. The molecule has 0 aliphatic carbocycles. The van der Waals surface area contributed by atoms with Gasteiger partial charge in [0, 0.05) is 0 Å². The highest BCUT2D eigenvalue weighted by Gasteiger charge is 1.98. The molecule has 1 amide bonds. The normalized spacial score (nSPS) is 8.80. The molecule has 0 aliphatic rings. The summed E-state index contributed by atoms with van der Waals surface area (Å²) in [6, 6.07) is 9.44. The van der Waals surface area contributed by atoms with E-state index in [1.54, 1.807) is 0 Å². The van der Waals surface area contributed by atoms with Gasteiger partial charge in [0.1, 0.15) is 0 Å². The maximum atomic E-state index is 10.4. The molecule has 0 unspecified atom stereocenters. The maximum absolute atomic E-state index is 10.4. The summed E-state index contributed by atoms with van der Waals surface area (Å²) in [5, 5.41) is 0. The fourth-order valence-electron chi connectivity index (χ4n) is 0.797. The summed E-state index contributed by atoms with van der Waals surface area (Å²) in [7, 11) is 0.334. The van der Waals surface area contributed by atoms with Gasteiger partial charge < -0.3 is 5.73 Å². The molecule has 0 aromatic heterocycles. The van der Waals surface area contributed by atoms with Gasteiger partial charge in [-0.1, -0.05) is 35.8 Å². The predicted octanol–water partition coefficient (Wildman–Crippen LogP) is -0.173. The Morgan fingerprint density at radius 3 is 2.40 bits per heavy atom. The van der Waals surface area contributed by atoms with E-state index in [4.69, 9.17) is 5.73 Å². The van der Waals surface area contributed by atoms with Gasteiger partial charge in [-0.15, -0.1) is 0 Å². The van der Waals surface area contributed by atoms with Crippen molar-refractivity contribution in [3.05, 3.63) is 30.3 Å². The summed E-state index contributed by atoms with van der Waals surface area (Å²) in [5.74, 6) is -0.286. The molecule has 2 N–H and O–H groups in total. The van der Waals surface area contributed by atoms with Gasteiger partial charge in [0.05, 0.1) is 0 Å². The number of nitrogens with two attached hydrogens (primary N) is 1. The third kappa shape index (κ3) is 1.93. The second kappa shape index (κ2) is 3.06. The Kier molecular flexibility index (Phi) is 2.10. The average molecular weight is 133 g/mol. The first-order chi connectivity index (χ1) is 4.79. The van der Waals surface area contributed by atoms with Gasteiger partial charge in [0.25, 0.3) is 7.28 Å². The molecule has 0 fully saturated rings. The molecular weight excluding hydrogens is 125 g/mol. The zero-order valence-corrected chi connectivity index (χ0v) is 5.58. The van der Waals surface area contributed by atoms with Crippen LogP contribution in [0.4, 0.5) is 4.79 Å². The lowest BCUT2D eigenvalue weighted by atomic mass is 9.70. The first kappa shape index (κ1) is 6.87. The van der Waals surface area contributed by atoms with E-state index in [1.807, 2.05) is 30.3 Å². The lowest BCUT2D eigenvalue weighted by molar-refractivity contribution is 0.266. The van der Waals surface area contributed by atoms with E-state index in [0.29, 0.717) is 7.28 Å². The van der Waals surface area contributed by atoms with Crippen molar-refractivity contribution < 1.29 is 4.79 Å². The molecule has 10 heavy (non-hydrogen) atoms. The number of carbonyl (C=O) groups excluding carboxylic acids is 1. The van der Waals surface area contributed by atoms with E-state index in [9.17, 15) is 4.79 Å². The Balaban J connectivity index is 2.67. The van der Waals surface area contributed by atoms with Crippen molar-refractivity contribution in [2.75, 3.05) is 0 Å². The SMILES string of the molecule is NC(=O)Bc1ccccc1. The van der Waals surface area contributed by atoms with Gasteiger partial charge in [-0.2, -0.15) is 0 Å². The fraction of sp³-hybridized carbons (Fsp3) is 0. The highest BCUT2D eigenvalue weighted by atomic mass is 16.1. The second-order valence-corrected chi connectivity index (χ2v) is 2.13. The first-order valence-electron chi connectivity index (χ1n) is 3.11. The van der Waals surface area contributed by atoms with Gasteiger partial charge in [-0.25, -0.2) is 0 Å². The van der Waals surface area contributed by atoms with Gasteiger partial charge in [0.2, 0.25) is 0 Å². The van der Waals surface area contributed by atoms with Crippen LogP contribution in [-0.4, -0.2) is 13.1 Å². The van der Waals surface area contributed by atoms with Crippen molar-refractivity contribution in [1.29, 1.82) is 0 Å². The van der Waals surface area contributed by atoms with E-state index < -0.39 is 0 Å². The summed E-state index contributed by atoms with van der Waals surface area (Å²) in [6.45, 7) is 0. The molecule has 1 aromatic rings. The fourth-order valence-corrected chi connectivity index (χ4v) is 0.797. The Hall–Kier alpha value is -1.25. The van der Waals surface area contributed by atoms with Crippen LogP contribution in [0.25, 0.3) is 0 Å². The highest BCUT2D eigenvalue weighted by molar-refractivity contribution is 6.83. The van der Waals surface area contributed by atoms with Crippen LogP contribution in [0.3, 0.4) is 0 Å².